The first-order valence-electron chi connectivity index (χ1n) is 15.5. The Kier molecular flexibility index (Phi) is 12.8. The summed E-state index contributed by atoms with van der Waals surface area (Å²) in [5.41, 5.74) is 1.99. The van der Waals surface area contributed by atoms with E-state index in [-0.39, 0.29) is 19.3 Å². The first-order valence-corrected chi connectivity index (χ1v) is 16.9. The molecule has 1 saturated heterocycles. The van der Waals surface area contributed by atoms with Crippen LogP contribution in [0.3, 0.4) is 0 Å². The van der Waals surface area contributed by atoms with Crippen molar-refractivity contribution in [3.8, 4) is 0 Å². The summed E-state index contributed by atoms with van der Waals surface area (Å²) < 4.78 is 0. The number of benzene rings is 2. The minimum Gasteiger partial charge on any atom is -0.481 e. The van der Waals surface area contributed by atoms with E-state index >= 15 is 0 Å². The number of carbonyl (C=O) groups is 7. The normalized spacial score (nSPS) is 22.5. The predicted octanol–water partition coefficient (Wildman–Crippen LogP) is 0.0932. The lowest BCUT2D eigenvalue weighted by Gasteiger charge is -2.25. The lowest BCUT2D eigenvalue weighted by atomic mass is 10.0. The number of hydrogen-bond donors (Lipinski definition) is 8. The number of hydrogen-bond acceptors (Lipinski definition) is 8. The molecule has 1 aliphatic rings. The van der Waals surface area contributed by atoms with Gasteiger partial charge in [0.15, 0.2) is 0 Å². The standard InChI is InChI=1S/C33H38N6O9S/c1-49-12-11-22-29(44)38-25(15-27(40)41)32(47)36-23(13-18-7-3-2-4-8-18)30(45)39-26(16-28(42)43)33(48)37-24(31(46)35-22)14-19-17-34-21-10-6-5-9-20(19)21/h2-10,17,22-26,34H,11-16H2,1H3,(H,35,46)(H,36,47)(H,37,48)(H,38,44)(H,39,45)(H,40,41)(H,42,43)/t22-,23-,24-,25+,26-/m0/s1. The summed E-state index contributed by atoms with van der Waals surface area (Å²) in [5.74, 6) is -7.01. The summed E-state index contributed by atoms with van der Waals surface area (Å²) >= 11 is 1.38. The van der Waals surface area contributed by atoms with Crippen LogP contribution in [0.15, 0.2) is 60.8 Å². The fourth-order valence-corrected chi connectivity index (χ4v) is 5.89. The Balaban J connectivity index is 1.77. The summed E-state index contributed by atoms with van der Waals surface area (Å²) in [5, 5.41) is 32.4. The van der Waals surface area contributed by atoms with Crippen LogP contribution in [0.1, 0.15) is 30.4 Å². The van der Waals surface area contributed by atoms with Crippen molar-refractivity contribution in [3.05, 3.63) is 71.9 Å². The molecule has 2 heterocycles. The number of aromatic nitrogens is 1. The van der Waals surface area contributed by atoms with Crippen molar-refractivity contribution in [1.82, 2.24) is 31.6 Å². The number of rotatable bonds is 11. The van der Waals surface area contributed by atoms with Crippen LogP contribution in [0.5, 0.6) is 0 Å². The first-order chi connectivity index (χ1) is 23.4. The van der Waals surface area contributed by atoms with Gasteiger partial charge in [0.05, 0.1) is 12.8 Å². The number of carboxylic acids is 2. The highest BCUT2D eigenvalue weighted by molar-refractivity contribution is 7.98. The van der Waals surface area contributed by atoms with Gasteiger partial charge < -0.3 is 41.8 Å². The molecule has 0 radical (unpaired) electrons. The molecule has 5 atom stereocenters. The fraction of sp³-hybridized carbons (Fsp3) is 0.364. The molecule has 1 aromatic heterocycles. The molecule has 1 fully saturated rings. The maximum atomic E-state index is 13.9. The van der Waals surface area contributed by atoms with E-state index in [1.807, 2.05) is 18.2 Å². The third-order valence-electron chi connectivity index (χ3n) is 7.91. The van der Waals surface area contributed by atoms with E-state index in [2.05, 4.69) is 31.6 Å². The van der Waals surface area contributed by atoms with Crippen LogP contribution in [-0.4, -0.2) is 98.9 Å². The van der Waals surface area contributed by atoms with Gasteiger partial charge in [-0.25, -0.2) is 0 Å². The number of para-hydroxylation sites is 1. The molecule has 16 heteroatoms. The van der Waals surface area contributed by atoms with Gasteiger partial charge in [0.1, 0.15) is 30.2 Å². The van der Waals surface area contributed by atoms with Crippen molar-refractivity contribution in [2.24, 2.45) is 0 Å². The van der Waals surface area contributed by atoms with Crippen LogP contribution in [0.4, 0.5) is 0 Å². The molecule has 15 nitrogen and oxygen atoms in total. The number of thioether (sulfide) groups is 1. The third kappa shape index (κ3) is 10.3. The highest BCUT2D eigenvalue weighted by Gasteiger charge is 2.36. The third-order valence-corrected chi connectivity index (χ3v) is 8.56. The van der Waals surface area contributed by atoms with Gasteiger partial charge in [-0.05, 0) is 35.6 Å². The second-order valence-corrected chi connectivity index (χ2v) is 12.5. The van der Waals surface area contributed by atoms with Crippen molar-refractivity contribution >= 4 is 64.1 Å². The monoisotopic (exact) mass is 694 g/mol. The molecule has 3 aromatic rings. The van der Waals surface area contributed by atoms with Crippen molar-refractivity contribution < 1.29 is 43.8 Å². The molecule has 0 saturated carbocycles. The van der Waals surface area contributed by atoms with Gasteiger partial charge >= 0.3 is 11.9 Å². The molecule has 0 spiro atoms. The van der Waals surface area contributed by atoms with Gasteiger partial charge in [-0.3, -0.25) is 33.6 Å². The lowest BCUT2D eigenvalue weighted by Crippen LogP contribution is -2.58. The number of aromatic amines is 1. The predicted molar refractivity (Wildman–Crippen MR) is 179 cm³/mol. The van der Waals surface area contributed by atoms with Crippen LogP contribution in [0, 0.1) is 0 Å². The van der Waals surface area contributed by atoms with Gasteiger partial charge in [0.25, 0.3) is 0 Å². The van der Waals surface area contributed by atoms with E-state index in [9.17, 15) is 43.8 Å². The van der Waals surface area contributed by atoms with Crippen LogP contribution >= 0.6 is 11.8 Å². The average molecular weight is 695 g/mol. The molecule has 5 amide bonds. The molecule has 8 N–H and O–H groups in total. The molecule has 1 aliphatic heterocycles. The summed E-state index contributed by atoms with van der Waals surface area (Å²) in [6.07, 6.45) is 1.64. The lowest BCUT2D eigenvalue weighted by molar-refractivity contribution is -0.141. The Labute approximate surface area is 285 Å². The van der Waals surface area contributed by atoms with Crippen LogP contribution in [0.25, 0.3) is 10.9 Å². The summed E-state index contributed by atoms with van der Waals surface area (Å²) in [4.78, 5) is 95.0. The molecule has 49 heavy (non-hydrogen) atoms. The van der Waals surface area contributed by atoms with E-state index in [4.69, 9.17) is 0 Å². The Bertz CT molecular complexity index is 1700. The molecule has 4 rings (SSSR count). The minimum absolute atomic E-state index is 0.0789. The Morgan fingerprint density at radius 3 is 1.67 bits per heavy atom. The summed E-state index contributed by atoms with van der Waals surface area (Å²) in [7, 11) is 0. The van der Waals surface area contributed by atoms with Crippen LogP contribution < -0.4 is 26.6 Å². The van der Waals surface area contributed by atoms with Crippen LogP contribution in [-0.2, 0) is 46.4 Å². The number of nitrogens with one attached hydrogen (secondary N) is 6. The number of fused-ring (bicyclic) bond motifs is 1. The second-order valence-electron chi connectivity index (χ2n) is 11.5. The molecular weight excluding hydrogens is 656 g/mol. The molecule has 2 aromatic carbocycles. The average Bonchev–Trinajstić information content (AvgIpc) is 3.47. The Hall–Kier alpha value is -5.38. The van der Waals surface area contributed by atoms with Gasteiger partial charge in [0.2, 0.25) is 29.5 Å². The van der Waals surface area contributed by atoms with Gasteiger partial charge in [0, 0.05) is 29.9 Å². The number of carbonyl (C=O) groups excluding carboxylic acids is 5. The van der Waals surface area contributed by atoms with Gasteiger partial charge in [-0.15, -0.1) is 0 Å². The number of aliphatic carboxylic acids is 2. The van der Waals surface area contributed by atoms with E-state index in [1.165, 1.54) is 11.8 Å². The van der Waals surface area contributed by atoms with E-state index in [0.717, 1.165) is 10.9 Å². The maximum Gasteiger partial charge on any atom is 0.305 e. The zero-order valence-corrected chi connectivity index (χ0v) is 27.4. The number of amides is 5. The topological polar surface area (TPSA) is 236 Å². The minimum atomic E-state index is -1.68. The van der Waals surface area contributed by atoms with Crippen molar-refractivity contribution in [1.29, 1.82) is 0 Å². The molecular formula is C33H38N6O9S. The van der Waals surface area contributed by atoms with Crippen LogP contribution in [0.2, 0.25) is 0 Å². The largest absolute Gasteiger partial charge is 0.481 e. The molecule has 0 unspecified atom stereocenters. The maximum absolute atomic E-state index is 13.9. The Morgan fingerprint density at radius 1 is 0.633 bits per heavy atom. The quantitative estimate of drug-likeness (QED) is 0.135. The van der Waals surface area contributed by atoms with Crippen molar-refractivity contribution in [2.75, 3.05) is 12.0 Å². The van der Waals surface area contributed by atoms with E-state index in [0.29, 0.717) is 16.9 Å². The zero-order chi connectivity index (χ0) is 35.5. The van der Waals surface area contributed by atoms with E-state index in [1.54, 1.807) is 48.9 Å². The summed E-state index contributed by atoms with van der Waals surface area (Å²) in [6, 6.07) is 8.41. The van der Waals surface area contributed by atoms with Gasteiger partial charge in [-0.1, -0.05) is 48.5 Å². The summed E-state index contributed by atoms with van der Waals surface area (Å²) in [6.45, 7) is 0. The SMILES string of the molecule is CSCC[C@@H]1NC(=O)[C@H](Cc2c[nH]c3ccccc23)NC(=O)[C@H](CC(=O)O)NC(=O)[C@H](Cc2ccccc2)NC(=O)[C@@H](CC(=O)O)NC1=O. The first kappa shape index (κ1) is 36.5. The molecule has 260 valence electrons. The smallest absolute Gasteiger partial charge is 0.305 e. The highest BCUT2D eigenvalue weighted by atomic mass is 32.2. The number of carboxylic acid groups (broad SMARTS) is 2. The Morgan fingerprint density at radius 2 is 1.10 bits per heavy atom. The zero-order valence-electron chi connectivity index (χ0n) is 26.6. The number of H-pyrrole nitrogens is 1. The van der Waals surface area contributed by atoms with Gasteiger partial charge in [-0.2, -0.15) is 11.8 Å². The van der Waals surface area contributed by atoms with E-state index < -0.39 is 84.5 Å². The fourth-order valence-electron chi connectivity index (χ4n) is 5.42. The highest BCUT2D eigenvalue weighted by Crippen LogP contribution is 2.20. The second kappa shape index (κ2) is 17.1. The molecule has 0 aliphatic carbocycles. The molecule has 0 bridgehead atoms. The van der Waals surface area contributed by atoms with Crippen molar-refractivity contribution in [2.45, 2.75) is 62.3 Å². The van der Waals surface area contributed by atoms with Crippen molar-refractivity contribution in [3.63, 3.8) is 0 Å².